The third-order valence-corrected chi connectivity index (χ3v) is 7.39. The van der Waals surface area contributed by atoms with Crippen LogP contribution in [0.4, 0.5) is 16.0 Å². The number of allylic oxidation sites excluding steroid dienone is 1. The highest BCUT2D eigenvalue weighted by atomic mass is 19.1. The van der Waals surface area contributed by atoms with Gasteiger partial charge in [0.1, 0.15) is 5.82 Å². The van der Waals surface area contributed by atoms with E-state index in [0.717, 1.165) is 36.0 Å². The number of piperazine rings is 1. The van der Waals surface area contributed by atoms with Gasteiger partial charge in [-0.3, -0.25) is 24.0 Å². The topological polar surface area (TPSA) is 124 Å². The molecule has 4 aromatic rings. The number of rotatable bonds is 9. The molecule has 212 valence electrons. The van der Waals surface area contributed by atoms with Crippen LogP contribution in [0.15, 0.2) is 34.4 Å². The van der Waals surface area contributed by atoms with Crippen molar-refractivity contribution in [2.45, 2.75) is 39.7 Å². The molecule has 1 amide bonds. The molecule has 12 heteroatoms. The lowest BCUT2D eigenvalue weighted by atomic mass is 10.1. The van der Waals surface area contributed by atoms with Crippen molar-refractivity contribution in [3.63, 3.8) is 0 Å². The maximum absolute atomic E-state index is 14.1. The molecule has 0 aliphatic carbocycles. The number of fused-ring (bicyclic) bond motifs is 2. The van der Waals surface area contributed by atoms with Gasteiger partial charge in [0.05, 0.1) is 17.9 Å². The Morgan fingerprint density at radius 3 is 2.58 bits per heavy atom. The monoisotopic (exact) mass is 550 g/mol. The maximum Gasteiger partial charge on any atom is 0.329 e. The molecule has 4 heterocycles. The molecule has 1 aromatic carbocycles. The summed E-state index contributed by atoms with van der Waals surface area (Å²) in [6.45, 7) is 11.4. The zero-order chi connectivity index (χ0) is 28.6. The number of imidazole rings is 1. The number of aromatic amines is 2. The van der Waals surface area contributed by atoms with E-state index in [-0.39, 0.29) is 18.3 Å². The van der Waals surface area contributed by atoms with Crippen LogP contribution >= 0.6 is 0 Å². The standard InChI is InChI=1S/C28H35FN8O3/c1-5-7-17(3)22-23(19-15-18(29)8-9-20(19)30-22)31-21(38)16-35-11-13-36(14-12-35)27-32-25-24(37(27)10-6-2)26(39)33-28(40)34(25)4/h8-9,15,30H,3,5-7,10-14,16H2,1-2,4H3,(H,31,38)(H,33,39,40). The van der Waals surface area contributed by atoms with Crippen LogP contribution < -0.4 is 21.5 Å². The summed E-state index contributed by atoms with van der Waals surface area (Å²) in [5.41, 5.74) is 2.67. The number of hydrogen-bond donors (Lipinski definition) is 3. The van der Waals surface area contributed by atoms with E-state index in [2.05, 4.69) is 43.6 Å². The highest BCUT2D eigenvalue weighted by Gasteiger charge is 2.26. The molecule has 3 N–H and O–H groups in total. The summed E-state index contributed by atoms with van der Waals surface area (Å²) in [4.78, 5) is 52.4. The predicted octanol–water partition coefficient (Wildman–Crippen LogP) is 3.03. The van der Waals surface area contributed by atoms with Crippen molar-refractivity contribution in [1.29, 1.82) is 0 Å². The number of carbonyl (C=O) groups excluding carboxylic acids is 1. The van der Waals surface area contributed by atoms with Gasteiger partial charge in [-0.25, -0.2) is 9.18 Å². The van der Waals surface area contributed by atoms with Gasteiger partial charge in [0.15, 0.2) is 11.2 Å². The Labute approximate surface area is 230 Å². The van der Waals surface area contributed by atoms with E-state index in [0.29, 0.717) is 60.9 Å². The number of carbonyl (C=O) groups is 1. The lowest BCUT2D eigenvalue weighted by Crippen LogP contribution is -2.49. The summed E-state index contributed by atoms with van der Waals surface area (Å²) in [7, 11) is 1.59. The Morgan fingerprint density at radius 2 is 1.88 bits per heavy atom. The van der Waals surface area contributed by atoms with Crippen LogP contribution in [0.25, 0.3) is 27.6 Å². The van der Waals surface area contributed by atoms with Crippen LogP contribution in [0.3, 0.4) is 0 Å². The highest BCUT2D eigenvalue weighted by Crippen LogP contribution is 2.34. The molecule has 0 bridgehead atoms. The van der Waals surface area contributed by atoms with E-state index in [1.54, 1.807) is 13.1 Å². The summed E-state index contributed by atoms with van der Waals surface area (Å²) < 4.78 is 17.3. The summed E-state index contributed by atoms with van der Waals surface area (Å²) in [5.74, 6) is 0.0818. The number of nitrogens with one attached hydrogen (secondary N) is 3. The SMILES string of the molecule is C=C(CCC)c1[nH]c2ccc(F)cc2c1NC(=O)CN1CCN(c2nc3c(c(=O)[nH]c(=O)n3C)n2CCC)CC1. The van der Waals surface area contributed by atoms with Gasteiger partial charge in [-0.05, 0) is 36.6 Å². The molecule has 0 atom stereocenters. The van der Waals surface area contributed by atoms with Crippen LogP contribution in [-0.4, -0.2) is 67.6 Å². The number of anilines is 2. The second-order valence-corrected chi connectivity index (χ2v) is 10.3. The third kappa shape index (κ3) is 5.06. The molecular formula is C28H35FN8O3. The average molecular weight is 551 g/mol. The first-order valence-electron chi connectivity index (χ1n) is 13.7. The second kappa shape index (κ2) is 11.1. The molecule has 40 heavy (non-hydrogen) atoms. The number of halogens is 1. The van der Waals surface area contributed by atoms with Crippen molar-refractivity contribution >= 4 is 45.2 Å². The van der Waals surface area contributed by atoms with Gasteiger partial charge in [0.25, 0.3) is 5.56 Å². The van der Waals surface area contributed by atoms with E-state index in [1.807, 2.05) is 11.5 Å². The van der Waals surface area contributed by atoms with E-state index in [1.165, 1.54) is 16.7 Å². The van der Waals surface area contributed by atoms with Gasteiger partial charge in [-0.2, -0.15) is 4.98 Å². The molecule has 3 aromatic heterocycles. The quantitative estimate of drug-likeness (QED) is 0.294. The lowest BCUT2D eigenvalue weighted by Gasteiger charge is -2.35. The fourth-order valence-electron chi connectivity index (χ4n) is 5.37. The summed E-state index contributed by atoms with van der Waals surface area (Å²) >= 11 is 0. The van der Waals surface area contributed by atoms with E-state index in [4.69, 9.17) is 0 Å². The first-order chi connectivity index (χ1) is 19.2. The van der Waals surface area contributed by atoms with Crippen LogP contribution in [0.1, 0.15) is 38.8 Å². The zero-order valence-corrected chi connectivity index (χ0v) is 23.1. The first kappa shape index (κ1) is 27.4. The van der Waals surface area contributed by atoms with Gasteiger partial charge < -0.3 is 19.8 Å². The van der Waals surface area contributed by atoms with Gasteiger partial charge >= 0.3 is 5.69 Å². The molecule has 1 aliphatic heterocycles. The fourth-order valence-corrected chi connectivity index (χ4v) is 5.37. The lowest BCUT2D eigenvalue weighted by molar-refractivity contribution is -0.117. The molecule has 1 aliphatic rings. The predicted molar refractivity (Wildman–Crippen MR) is 155 cm³/mol. The maximum atomic E-state index is 14.1. The Morgan fingerprint density at radius 1 is 1.12 bits per heavy atom. The number of H-pyrrole nitrogens is 2. The van der Waals surface area contributed by atoms with Gasteiger partial charge in [-0.15, -0.1) is 0 Å². The van der Waals surface area contributed by atoms with Gasteiger partial charge in [0.2, 0.25) is 11.9 Å². The molecule has 5 rings (SSSR count). The number of benzene rings is 1. The van der Waals surface area contributed by atoms with Crippen molar-refractivity contribution < 1.29 is 9.18 Å². The minimum atomic E-state index is -0.500. The minimum absolute atomic E-state index is 0.176. The zero-order valence-electron chi connectivity index (χ0n) is 23.1. The minimum Gasteiger partial charge on any atom is -0.353 e. The van der Waals surface area contributed by atoms with Crippen molar-refractivity contribution in [2.24, 2.45) is 7.05 Å². The number of aryl methyl sites for hydroxylation is 2. The molecule has 0 unspecified atom stereocenters. The van der Waals surface area contributed by atoms with E-state index >= 15 is 0 Å². The molecule has 1 fully saturated rings. The fraction of sp³-hybridized carbons (Fsp3) is 0.429. The number of nitrogens with zero attached hydrogens (tertiary/aromatic N) is 5. The van der Waals surface area contributed by atoms with E-state index < -0.39 is 11.2 Å². The first-order valence-corrected chi connectivity index (χ1v) is 13.7. The molecule has 1 saturated heterocycles. The molecule has 11 nitrogen and oxygen atoms in total. The van der Waals surface area contributed by atoms with Crippen molar-refractivity contribution in [1.82, 2.24) is 29.0 Å². The van der Waals surface area contributed by atoms with Crippen molar-refractivity contribution in [2.75, 3.05) is 42.9 Å². The molecule has 0 spiro atoms. The average Bonchev–Trinajstić information content (AvgIpc) is 3.47. The summed E-state index contributed by atoms with van der Waals surface area (Å²) in [6, 6.07) is 4.48. The summed E-state index contributed by atoms with van der Waals surface area (Å²) in [6.07, 6.45) is 2.45. The molecular weight excluding hydrogens is 515 g/mol. The Kier molecular flexibility index (Phi) is 7.61. The Hall–Kier alpha value is -4.19. The van der Waals surface area contributed by atoms with Crippen molar-refractivity contribution in [3.8, 4) is 0 Å². The number of amides is 1. The smallest absolute Gasteiger partial charge is 0.329 e. The Bertz CT molecular complexity index is 1700. The second-order valence-electron chi connectivity index (χ2n) is 10.3. The van der Waals surface area contributed by atoms with Crippen LogP contribution in [-0.2, 0) is 18.4 Å². The number of aromatic nitrogens is 5. The van der Waals surface area contributed by atoms with Crippen LogP contribution in [0, 0.1) is 5.82 Å². The van der Waals surface area contributed by atoms with Crippen LogP contribution in [0.2, 0.25) is 0 Å². The molecule has 0 saturated carbocycles. The normalized spacial score (nSPS) is 14.3. The molecule has 0 radical (unpaired) electrons. The Balaban J connectivity index is 1.31. The van der Waals surface area contributed by atoms with Gasteiger partial charge in [-0.1, -0.05) is 26.8 Å². The highest BCUT2D eigenvalue weighted by molar-refractivity contribution is 6.06. The van der Waals surface area contributed by atoms with Gasteiger partial charge in [0, 0.05) is 50.7 Å². The van der Waals surface area contributed by atoms with Crippen molar-refractivity contribution in [3.05, 3.63) is 57.1 Å². The largest absolute Gasteiger partial charge is 0.353 e. The third-order valence-electron chi connectivity index (χ3n) is 7.39. The summed E-state index contributed by atoms with van der Waals surface area (Å²) in [5, 5.41) is 3.63. The number of hydrogen-bond acceptors (Lipinski definition) is 6. The van der Waals surface area contributed by atoms with Crippen LogP contribution in [0.5, 0.6) is 0 Å². The van der Waals surface area contributed by atoms with E-state index in [9.17, 15) is 18.8 Å².